The summed E-state index contributed by atoms with van der Waals surface area (Å²) >= 11 is 0. The molecule has 0 aromatic heterocycles. The van der Waals surface area contributed by atoms with E-state index in [0.717, 1.165) is 5.75 Å². The molecule has 0 saturated carbocycles. The highest BCUT2D eigenvalue weighted by molar-refractivity contribution is 5.84. The van der Waals surface area contributed by atoms with Crippen LogP contribution in [0.2, 0.25) is 0 Å². The highest BCUT2D eigenvalue weighted by Crippen LogP contribution is 2.29. The Morgan fingerprint density at radius 2 is 1.58 bits per heavy atom. The molecule has 2 unspecified atom stereocenters. The number of rotatable bonds is 4. The molecule has 0 aliphatic carbocycles. The van der Waals surface area contributed by atoms with Crippen LogP contribution in [0.25, 0.3) is 10.8 Å². The van der Waals surface area contributed by atoms with E-state index in [1.165, 1.54) is 16.3 Å². The maximum absolute atomic E-state index is 6.36. The molecule has 0 radical (unpaired) electrons. The molecular weight excluding hydrogens is 234 g/mol. The summed E-state index contributed by atoms with van der Waals surface area (Å²) in [4.78, 5) is 0. The van der Waals surface area contributed by atoms with Crippen LogP contribution in [0.4, 0.5) is 0 Å². The molecule has 19 heavy (non-hydrogen) atoms. The van der Waals surface area contributed by atoms with Crippen molar-refractivity contribution in [3.8, 4) is 5.75 Å². The van der Waals surface area contributed by atoms with Crippen LogP contribution in [0.3, 0.4) is 0 Å². The van der Waals surface area contributed by atoms with E-state index < -0.39 is 0 Å². The second-order valence-corrected chi connectivity index (χ2v) is 5.60. The van der Waals surface area contributed by atoms with Gasteiger partial charge in [-0.1, -0.05) is 39.0 Å². The predicted molar refractivity (Wildman–Crippen MR) is 81.4 cm³/mol. The molecule has 0 heterocycles. The first-order valence-electron chi connectivity index (χ1n) is 6.86. The highest BCUT2D eigenvalue weighted by atomic mass is 16.5. The third-order valence-corrected chi connectivity index (χ3v) is 4.07. The maximum Gasteiger partial charge on any atom is 0.119 e. The number of ether oxygens (including phenoxy) is 1. The van der Waals surface area contributed by atoms with Gasteiger partial charge in [-0.2, -0.15) is 0 Å². The van der Waals surface area contributed by atoms with E-state index in [-0.39, 0.29) is 6.04 Å². The van der Waals surface area contributed by atoms with Crippen molar-refractivity contribution in [1.29, 1.82) is 0 Å². The second kappa shape index (κ2) is 5.62. The monoisotopic (exact) mass is 257 g/mol. The summed E-state index contributed by atoms with van der Waals surface area (Å²) in [6.07, 6.45) is 0. The van der Waals surface area contributed by atoms with Crippen molar-refractivity contribution in [2.75, 3.05) is 7.11 Å². The molecule has 2 rings (SSSR count). The Labute approximate surface area is 115 Å². The minimum absolute atomic E-state index is 0.0894. The van der Waals surface area contributed by atoms with Crippen LogP contribution < -0.4 is 10.5 Å². The molecule has 0 aliphatic rings. The van der Waals surface area contributed by atoms with Gasteiger partial charge >= 0.3 is 0 Å². The Balaban J connectivity index is 2.36. The third kappa shape index (κ3) is 2.90. The van der Waals surface area contributed by atoms with Crippen LogP contribution in [0.1, 0.15) is 32.4 Å². The summed E-state index contributed by atoms with van der Waals surface area (Å²) in [7, 11) is 1.69. The van der Waals surface area contributed by atoms with E-state index in [1.807, 2.05) is 6.07 Å². The summed E-state index contributed by atoms with van der Waals surface area (Å²) < 4.78 is 5.24. The number of fused-ring (bicyclic) bond motifs is 1. The van der Waals surface area contributed by atoms with Crippen molar-refractivity contribution in [2.45, 2.75) is 26.8 Å². The van der Waals surface area contributed by atoms with Gasteiger partial charge in [-0.25, -0.2) is 0 Å². The SMILES string of the molecule is COc1ccc2cc(C(N)C(C)C(C)C)ccc2c1. The number of hydrogen-bond acceptors (Lipinski definition) is 2. The van der Waals surface area contributed by atoms with E-state index >= 15 is 0 Å². The van der Waals surface area contributed by atoms with Gasteiger partial charge in [0.15, 0.2) is 0 Å². The Morgan fingerprint density at radius 1 is 0.947 bits per heavy atom. The first kappa shape index (κ1) is 13.9. The van der Waals surface area contributed by atoms with Crippen molar-refractivity contribution < 1.29 is 4.74 Å². The molecule has 2 N–H and O–H groups in total. The highest BCUT2D eigenvalue weighted by Gasteiger charge is 2.18. The fraction of sp³-hybridized carbons (Fsp3) is 0.412. The molecular formula is C17H23NO. The number of hydrogen-bond donors (Lipinski definition) is 1. The molecule has 0 fully saturated rings. The summed E-state index contributed by atoms with van der Waals surface area (Å²) in [5, 5.41) is 2.40. The summed E-state index contributed by atoms with van der Waals surface area (Å²) in [6.45, 7) is 6.65. The van der Waals surface area contributed by atoms with Crippen LogP contribution in [0.15, 0.2) is 36.4 Å². The smallest absolute Gasteiger partial charge is 0.119 e. The normalized spacial score (nSPS) is 14.6. The van der Waals surface area contributed by atoms with Gasteiger partial charge in [-0.15, -0.1) is 0 Å². The van der Waals surface area contributed by atoms with Crippen LogP contribution in [-0.4, -0.2) is 7.11 Å². The second-order valence-electron chi connectivity index (χ2n) is 5.60. The Kier molecular flexibility index (Phi) is 4.11. The van der Waals surface area contributed by atoms with E-state index in [2.05, 4.69) is 51.1 Å². The zero-order valence-electron chi connectivity index (χ0n) is 12.2. The molecule has 0 saturated heterocycles. The third-order valence-electron chi connectivity index (χ3n) is 4.07. The lowest BCUT2D eigenvalue weighted by molar-refractivity contribution is 0.352. The van der Waals surface area contributed by atoms with E-state index in [4.69, 9.17) is 10.5 Å². The lowest BCUT2D eigenvalue weighted by Crippen LogP contribution is -2.22. The van der Waals surface area contributed by atoms with Gasteiger partial charge in [0, 0.05) is 6.04 Å². The Bertz CT molecular complexity index is 562. The van der Waals surface area contributed by atoms with Crippen molar-refractivity contribution >= 4 is 10.8 Å². The summed E-state index contributed by atoms with van der Waals surface area (Å²) in [6, 6.07) is 12.7. The molecule has 0 aliphatic heterocycles. The zero-order chi connectivity index (χ0) is 14.0. The lowest BCUT2D eigenvalue weighted by Gasteiger charge is -2.24. The largest absolute Gasteiger partial charge is 0.497 e. The van der Waals surface area contributed by atoms with Gasteiger partial charge in [0.1, 0.15) is 5.75 Å². The summed E-state index contributed by atoms with van der Waals surface area (Å²) in [5.41, 5.74) is 7.57. The standard InChI is InChI=1S/C17H23NO/c1-11(2)12(3)17(18)15-6-5-14-10-16(19-4)8-7-13(14)9-15/h5-12,17H,18H2,1-4H3. The zero-order valence-corrected chi connectivity index (χ0v) is 12.2. The van der Waals surface area contributed by atoms with Gasteiger partial charge in [-0.05, 0) is 46.4 Å². The average molecular weight is 257 g/mol. The van der Waals surface area contributed by atoms with Gasteiger partial charge < -0.3 is 10.5 Å². The number of methoxy groups -OCH3 is 1. The molecule has 2 aromatic rings. The predicted octanol–water partition coefficient (Wildman–Crippen LogP) is 4.14. The lowest BCUT2D eigenvalue weighted by atomic mass is 9.86. The molecule has 2 heteroatoms. The number of benzene rings is 2. The van der Waals surface area contributed by atoms with Gasteiger partial charge in [0.25, 0.3) is 0 Å². The Morgan fingerprint density at radius 3 is 2.21 bits per heavy atom. The van der Waals surface area contributed by atoms with Gasteiger partial charge in [-0.3, -0.25) is 0 Å². The molecule has 2 aromatic carbocycles. The molecule has 2 atom stereocenters. The van der Waals surface area contributed by atoms with Gasteiger partial charge in [0.2, 0.25) is 0 Å². The van der Waals surface area contributed by atoms with Crippen LogP contribution in [0.5, 0.6) is 5.75 Å². The molecule has 0 amide bonds. The molecule has 0 spiro atoms. The number of nitrogens with two attached hydrogens (primary N) is 1. The summed E-state index contributed by atoms with van der Waals surface area (Å²) in [5.74, 6) is 1.94. The van der Waals surface area contributed by atoms with Gasteiger partial charge in [0.05, 0.1) is 7.11 Å². The van der Waals surface area contributed by atoms with Crippen molar-refractivity contribution in [1.82, 2.24) is 0 Å². The van der Waals surface area contributed by atoms with Crippen LogP contribution in [0, 0.1) is 11.8 Å². The first-order chi connectivity index (χ1) is 9.02. The van der Waals surface area contributed by atoms with E-state index in [9.17, 15) is 0 Å². The van der Waals surface area contributed by atoms with Crippen molar-refractivity contribution in [3.05, 3.63) is 42.0 Å². The fourth-order valence-electron chi connectivity index (χ4n) is 2.29. The maximum atomic E-state index is 6.36. The van der Waals surface area contributed by atoms with Crippen LogP contribution in [-0.2, 0) is 0 Å². The topological polar surface area (TPSA) is 35.2 Å². The van der Waals surface area contributed by atoms with Crippen molar-refractivity contribution in [2.24, 2.45) is 17.6 Å². The minimum Gasteiger partial charge on any atom is -0.497 e. The van der Waals surface area contributed by atoms with Crippen molar-refractivity contribution in [3.63, 3.8) is 0 Å². The molecule has 2 nitrogen and oxygen atoms in total. The quantitative estimate of drug-likeness (QED) is 0.893. The minimum atomic E-state index is 0.0894. The molecule has 0 bridgehead atoms. The first-order valence-corrected chi connectivity index (χ1v) is 6.86. The molecule has 102 valence electrons. The Hall–Kier alpha value is -1.54. The fourth-order valence-corrected chi connectivity index (χ4v) is 2.29. The van der Waals surface area contributed by atoms with Crippen LogP contribution >= 0.6 is 0 Å². The van der Waals surface area contributed by atoms with E-state index in [1.54, 1.807) is 7.11 Å². The van der Waals surface area contributed by atoms with E-state index in [0.29, 0.717) is 11.8 Å². The average Bonchev–Trinajstić information content (AvgIpc) is 2.44.